The molecule has 2 aliphatic carbocycles. The van der Waals surface area contributed by atoms with Gasteiger partial charge in [0.1, 0.15) is 5.82 Å². The molecule has 2 aliphatic rings. The molecule has 0 bridgehead atoms. The van der Waals surface area contributed by atoms with Crippen molar-refractivity contribution in [1.29, 1.82) is 0 Å². The summed E-state index contributed by atoms with van der Waals surface area (Å²) in [5.41, 5.74) is -0.665. The lowest BCUT2D eigenvalue weighted by molar-refractivity contribution is -0.189. The highest BCUT2D eigenvalue weighted by Crippen LogP contribution is 2.50. The van der Waals surface area contributed by atoms with E-state index in [0.717, 1.165) is 44.2 Å². The summed E-state index contributed by atoms with van der Waals surface area (Å²) in [5, 5.41) is 0. The van der Waals surface area contributed by atoms with E-state index in [0.29, 0.717) is 11.5 Å². The molecule has 0 saturated heterocycles. The van der Waals surface area contributed by atoms with Crippen LogP contribution in [0.5, 0.6) is 0 Å². The largest absolute Gasteiger partial charge is 0.342 e. The second-order valence-corrected chi connectivity index (χ2v) is 7.00. The maximum absolute atomic E-state index is 14.3. The molecule has 1 saturated carbocycles. The summed E-state index contributed by atoms with van der Waals surface area (Å²) in [4.78, 5) is 0. The standard InChI is InChI=1S/C19H21F5/c1-2-3-12-4-6-13(7-5-12)15-10-14-8-9-18(21,22)19(23,24)17(14)16(20)11-15/h8-13H,2-7H2,1H3. The number of halogens is 5. The molecule has 1 fully saturated rings. The number of alkyl halides is 4. The van der Waals surface area contributed by atoms with E-state index >= 15 is 0 Å². The molecule has 5 heteroatoms. The van der Waals surface area contributed by atoms with Gasteiger partial charge in [-0.15, -0.1) is 0 Å². The topological polar surface area (TPSA) is 0 Å². The van der Waals surface area contributed by atoms with Gasteiger partial charge < -0.3 is 0 Å². The molecule has 0 heterocycles. The Morgan fingerprint density at radius 2 is 1.71 bits per heavy atom. The molecule has 3 rings (SSSR count). The van der Waals surface area contributed by atoms with Crippen LogP contribution in [0.1, 0.15) is 68.1 Å². The second kappa shape index (κ2) is 6.16. The first-order valence-corrected chi connectivity index (χ1v) is 8.55. The average Bonchev–Trinajstić information content (AvgIpc) is 2.52. The molecule has 1 aromatic rings. The molecule has 24 heavy (non-hydrogen) atoms. The molecule has 0 radical (unpaired) electrons. The van der Waals surface area contributed by atoms with E-state index in [1.807, 2.05) is 0 Å². The molecule has 0 nitrogen and oxygen atoms in total. The van der Waals surface area contributed by atoms with Gasteiger partial charge in [-0.2, -0.15) is 17.6 Å². The minimum Gasteiger partial charge on any atom is -0.206 e. The lowest BCUT2D eigenvalue weighted by Gasteiger charge is -2.32. The molecule has 0 atom stereocenters. The molecular weight excluding hydrogens is 323 g/mol. The number of rotatable bonds is 3. The Kier molecular flexibility index (Phi) is 4.47. The van der Waals surface area contributed by atoms with Gasteiger partial charge in [0.2, 0.25) is 0 Å². The first kappa shape index (κ1) is 17.4. The van der Waals surface area contributed by atoms with Crippen molar-refractivity contribution in [3.63, 3.8) is 0 Å². The van der Waals surface area contributed by atoms with Crippen molar-refractivity contribution in [1.82, 2.24) is 0 Å². The van der Waals surface area contributed by atoms with Crippen LogP contribution in [-0.2, 0) is 5.92 Å². The number of fused-ring (bicyclic) bond motifs is 1. The van der Waals surface area contributed by atoms with Crippen LogP contribution in [0.2, 0.25) is 0 Å². The highest BCUT2D eigenvalue weighted by Gasteiger charge is 2.59. The monoisotopic (exact) mass is 344 g/mol. The Morgan fingerprint density at radius 3 is 2.33 bits per heavy atom. The van der Waals surface area contributed by atoms with Gasteiger partial charge in [0.05, 0.1) is 5.56 Å². The zero-order chi connectivity index (χ0) is 17.5. The van der Waals surface area contributed by atoms with Gasteiger partial charge in [-0.3, -0.25) is 0 Å². The summed E-state index contributed by atoms with van der Waals surface area (Å²) in [6.45, 7) is 2.15. The fraction of sp³-hybridized carbons (Fsp3) is 0.579. The third-order valence-electron chi connectivity index (χ3n) is 5.36. The van der Waals surface area contributed by atoms with Crippen molar-refractivity contribution in [2.24, 2.45) is 5.92 Å². The number of hydrogen-bond acceptors (Lipinski definition) is 0. The van der Waals surface area contributed by atoms with Crippen LogP contribution in [0.4, 0.5) is 22.0 Å². The van der Waals surface area contributed by atoms with E-state index in [4.69, 9.17) is 0 Å². The Hall–Kier alpha value is -1.39. The van der Waals surface area contributed by atoms with Crippen LogP contribution < -0.4 is 0 Å². The summed E-state index contributed by atoms with van der Waals surface area (Å²) in [5.74, 6) is -9.31. The van der Waals surface area contributed by atoms with Gasteiger partial charge in [0.15, 0.2) is 0 Å². The molecule has 0 aliphatic heterocycles. The van der Waals surface area contributed by atoms with Crippen molar-refractivity contribution in [2.45, 2.75) is 63.2 Å². The molecule has 0 spiro atoms. The van der Waals surface area contributed by atoms with Crippen LogP contribution in [-0.4, -0.2) is 5.92 Å². The number of allylic oxidation sites excluding steroid dienone is 1. The highest BCUT2D eigenvalue weighted by atomic mass is 19.3. The fourth-order valence-corrected chi connectivity index (χ4v) is 4.01. The molecule has 0 amide bonds. The van der Waals surface area contributed by atoms with Crippen molar-refractivity contribution in [2.75, 3.05) is 0 Å². The molecule has 132 valence electrons. The molecule has 1 aromatic carbocycles. The Bertz CT molecular complexity index is 639. The summed E-state index contributed by atoms with van der Waals surface area (Å²) >= 11 is 0. The van der Waals surface area contributed by atoms with E-state index in [1.54, 1.807) is 0 Å². The van der Waals surface area contributed by atoms with Gasteiger partial charge in [0.25, 0.3) is 0 Å². The fourth-order valence-electron chi connectivity index (χ4n) is 4.01. The van der Waals surface area contributed by atoms with E-state index in [9.17, 15) is 22.0 Å². The van der Waals surface area contributed by atoms with E-state index in [-0.39, 0.29) is 17.6 Å². The van der Waals surface area contributed by atoms with Crippen LogP contribution in [0.15, 0.2) is 18.2 Å². The van der Waals surface area contributed by atoms with Crippen LogP contribution in [0.25, 0.3) is 6.08 Å². The number of hydrogen-bond donors (Lipinski definition) is 0. The first-order chi connectivity index (χ1) is 11.3. The molecule has 0 N–H and O–H groups in total. The van der Waals surface area contributed by atoms with Gasteiger partial charge in [0, 0.05) is 0 Å². The minimum atomic E-state index is -4.52. The second-order valence-electron chi connectivity index (χ2n) is 7.00. The Balaban J connectivity index is 1.88. The smallest absolute Gasteiger partial charge is 0.206 e. The normalized spacial score (nSPS) is 27.8. The van der Waals surface area contributed by atoms with Crippen molar-refractivity contribution in [3.05, 3.63) is 40.7 Å². The summed E-state index contributed by atoms with van der Waals surface area (Å²) in [6.07, 6.45) is 7.27. The quantitative estimate of drug-likeness (QED) is 0.538. The van der Waals surface area contributed by atoms with Gasteiger partial charge in [-0.25, -0.2) is 4.39 Å². The summed E-state index contributed by atoms with van der Waals surface area (Å²) in [6, 6.07) is 2.50. The van der Waals surface area contributed by atoms with Crippen LogP contribution in [0.3, 0.4) is 0 Å². The van der Waals surface area contributed by atoms with Crippen molar-refractivity contribution < 1.29 is 22.0 Å². The summed E-state index contributed by atoms with van der Waals surface area (Å²) < 4.78 is 68.9. The predicted molar refractivity (Wildman–Crippen MR) is 83.9 cm³/mol. The Morgan fingerprint density at radius 1 is 1.04 bits per heavy atom. The van der Waals surface area contributed by atoms with Crippen molar-refractivity contribution >= 4 is 6.08 Å². The third kappa shape index (κ3) is 2.86. The predicted octanol–water partition coefficient (Wildman–Crippen LogP) is 6.65. The molecule has 0 aromatic heterocycles. The highest BCUT2D eigenvalue weighted by molar-refractivity contribution is 5.62. The maximum atomic E-state index is 14.3. The zero-order valence-corrected chi connectivity index (χ0v) is 13.6. The van der Waals surface area contributed by atoms with Gasteiger partial charge in [-0.1, -0.05) is 31.9 Å². The van der Waals surface area contributed by atoms with E-state index in [1.165, 1.54) is 12.5 Å². The Labute approximate surface area is 138 Å². The van der Waals surface area contributed by atoms with E-state index < -0.39 is 23.2 Å². The van der Waals surface area contributed by atoms with Crippen molar-refractivity contribution in [3.8, 4) is 0 Å². The van der Waals surface area contributed by atoms with Crippen LogP contribution in [0, 0.1) is 11.7 Å². The van der Waals surface area contributed by atoms with E-state index in [2.05, 4.69) is 6.92 Å². The third-order valence-corrected chi connectivity index (χ3v) is 5.36. The SMILES string of the molecule is CCCC1CCC(c2cc(F)c3c(c2)C=CC(F)(F)C3(F)F)CC1. The zero-order valence-electron chi connectivity index (χ0n) is 13.6. The molecular formula is C19H21F5. The molecule has 0 unspecified atom stereocenters. The summed E-state index contributed by atoms with van der Waals surface area (Å²) in [7, 11) is 0. The average molecular weight is 344 g/mol. The minimum absolute atomic E-state index is 0.113. The lowest BCUT2D eigenvalue weighted by Crippen LogP contribution is -2.39. The van der Waals surface area contributed by atoms with Gasteiger partial charge in [-0.05, 0) is 60.8 Å². The maximum Gasteiger partial charge on any atom is 0.342 e. The van der Waals surface area contributed by atoms with Gasteiger partial charge >= 0.3 is 11.8 Å². The number of benzene rings is 1. The van der Waals surface area contributed by atoms with Crippen LogP contribution >= 0.6 is 0 Å². The lowest BCUT2D eigenvalue weighted by atomic mass is 9.76. The first-order valence-electron chi connectivity index (χ1n) is 8.55.